The Bertz CT molecular complexity index is 2020. The molecule has 12 heteroatoms. The molecule has 12 nitrogen and oxygen atoms in total. The van der Waals surface area contributed by atoms with Gasteiger partial charge in [-0.25, -0.2) is 24.6 Å². The van der Waals surface area contributed by atoms with Gasteiger partial charge in [0.1, 0.15) is 17.4 Å². The molecule has 2 aliphatic rings. The summed E-state index contributed by atoms with van der Waals surface area (Å²) in [5.74, 6) is 1.94. The molecule has 218 valence electrons. The van der Waals surface area contributed by atoms with Gasteiger partial charge in [-0.05, 0) is 72.5 Å². The van der Waals surface area contributed by atoms with Crippen LogP contribution in [-0.4, -0.2) is 59.5 Å². The highest BCUT2D eigenvalue weighted by atomic mass is 16.6. The number of hydrogen-bond donors (Lipinski definition) is 2. The molecule has 0 spiro atoms. The second kappa shape index (κ2) is 10.6. The maximum Gasteiger partial charge on any atom is 0.252 e. The fourth-order valence-corrected chi connectivity index (χ4v) is 5.71. The smallest absolute Gasteiger partial charge is 0.252 e. The minimum Gasteiger partial charge on any atom is -0.469 e. The van der Waals surface area contributed by atoms with E-state index in [-0.39, 0.29) is 18.1 Å². The van der Waals surface area contributed by atoms with E-state index < -0.39 is 0 Å². The monoisotopic (exact) mass is 585 g/mol. The van der Waals surface area contributed by atoms with Crippen molar-refractivity contribution >= 4 is 22.9 Å². The third-order valence-corrected chi connectivity index (χ3v) is 7.97. The SMILES string of the molecule is Nc1ncccc1-c1nc2ccc(-n3cccn3)nc2n1-c1ccc2c(c1)CC[C@@H]2NC(=O)c1ccnc(OC2COC2)c1. The van der Waals surface area contributed by atoms with Crippen molar-refractivity contribution in [3.8, 4) is 28.8 Å². The van der Waals surface area contributed by atoms with Gasteiger partial charge in [0, 0.05) is 42.1 Å². The average Bonchev–Trinajstić information content (AvgIpc) is 3.78. The first-order valence-corrected chi connectivity index (χ1v) is 14.4. The summed E-state index contributed by atoms with van der Waals surface area (Å²) >= 11 is 0. The summed E-state index contributed by atoms with van der Waals surface area (Å²) in [4.78, 5) is 31.6. The lowest BCUT2D eigenvalue weighted by molar-refractivity contribution is -0.0813. The van der Waals surface area contributed by atoms with Gasteiger partial charge in [-0.1, -0.05) is 6.07 Å². The van der Waals surface area contributed by atoms with Gasteiger partial charge in [-0.15, -0.1) is 0 Å². The van der Waals surface area contributed by atoms with Crippen LogP contribution >= 0.6 is 0 Å². The number of carbonyl (C=O) groups is 1. The molecule has 0 unspecified atom stereocenters. The Hall–Kier alpha value is -5.62. The number of imidazole rings is 1. The molecule has 1 aliphatic heterocycles. The lowest BCUT2D eigenvalue weighted by Crippen LogP contribution is -2.38. The van der Waals surface area contributed by atoms with Crippen molar-refractivity contribution in [2.24, 2.45) is 0 Å². The number of aromatic nitrogens is 7. The quantitative estimate of drug-likeness (QED) is 0.285. The molecule has 1 saturated heterocycles. The predicted octanol–water partition coefficient (Wildman–Crippen LogP) is 3.84. The van der Waals surface area contributed by atoms with Gasteiger partial charge >= 0.3 is 0 Å². The van der Waals surface area contributed by atoms with E-state index in [2.05, 4.69) is 32.5 Å². The summed E-state index contributed by atoms with van der Waals surface area (Å²) in [6.07, 6.45) is 8.39. The summed E-state index contributed by atoms with van der Waals surface area (Å²) in [6, 6.07) is 18.9. The Morgan fingerprint density at radius 3 is 2.75 bits per heavy atom. The number of fused-ring (bicyclic) bond motifs is 2. The Labute approximate surface area is 251 Å². The number of anilines is 1. The van der Waals surface area contributed by atoms with Crippen molar-refractivity contribution in [2.45, 2.75) is 25.0 Å². The summed E-state index contributed by atoms with van der Waals surface area (Å²) in [6.45, 7) is 1.07. The Morgan fingerprint density at radius 1 is 1.00 bits per heavy atom. The van der Waals surface area contributed by atoms with Crippen LogP contribution in [0.15, 0.2) is 85.5 Å². The van der Waals surface area contributed by atoms with E-state index in [1.54, 1.807) is 35.4 Å². The van der Waals surface area contributed by atoms with Crippen LogP contribution < -0.4 is 15.8 Å². The number of amides is 1. The molecule has 6 aromatic rings. The summed E-state index contributed by atoms with van der Waals surface area (Å²) in [7, 11) is 0. The maximum atomic E-state index is 13.2. The lowest BCUT2D eigenvalue weighted by Gasteiger charge is -2.26. The molecule has 5 aromatic heterocycles. The van der Waals surface area contributed by atoms with Crippen LogP contribution in [0.3, 0.4) is 0 Å². The lowest BCUT2D eigenvalue weighted by atomic mass is 10.1. The molecule has 0 radical (unpaired) electrons. The molecule has 1 aliphatic carbocycles. The number of rotatable bonds is 7. The van der Waals surface area contributed by atoms with Crippen molar-refractivity contribution in [3.63, 3.8) is 0 Å². The van der Waals surface area contributed by atoms with E-state index in [9.17, 15) is 4.79 Å². The topological polar surface area (TPSA) is 148 Å². The molecule has 0 saturated carbocycles. The normalized spacial score (nSPS) is 16.0. The Balaban J connectivity index is 1.13. The summed E-state index contributed by atoms with van der Waals surface area (Å²) in [5, 5.41) is 7.54. The van der Waals surface area contributed by atoms with E-state index in [1.807, 2.05) is 47.2 Å². The van der Waals surface area contributed by atoms with Crippen molar-refractivity contribution in [1.82, 2.24) is 39.6 Å². The van der Waals surface area contributed by atoms with E-state index in [0.29, 0.717) is 53.3 Å². The number of nitrogens with two attached hydrogens (primary N) is 1. The zero-order chi connectivity index (χ0) is 29.6. The van der Waals surface area contributed by atoms with Crippen molar-refractivity contribution in [1.29, 1.82) is 0 Å². The fourth-order valence-electron chi connectivity index (χ4n) is 5.71. The van der Waals surface area contributed by atoms with Crippen LogP contribution in [0.5, 0.6) is 5.88 Å². The minimum absolute atomic E-state index is 0.0215. The van der Waals surface area contributed by atoms with Crippen LogP contribution in [0.2, 0.25) is 0 Å². The average molecular weight is 586 g/mol. The number of hydrogen-bond acceptors (Lipinski definition) is 9. The third kappa shape index (κ3) is 4.61. The fraction of sp³-hybridized carbons (Fsp3) is 0.188. The molecule has 44 heavy (non-hydrogen) atoms. The molecular weight excluding hydrogens is 558 g/mol. The van der Waals surface area contributed by atoms with E-state index in [4.69, 9.17) is 25.2 Å². The van der Waals surface area contributed by atoms with Crippen LogP contribution in [-0.2, 0) is 11.2 Å². The van der Waals surface area contributed by atoms with Gasteiger partial charge in [-0.3, -0.25) is 9.36 Å². The molecule has 8 rings (SSSR count). The predicted molar refractivity (Wildman–Crippen MR) is 162 cm³/mol. The second-order valence-electron chi connectivity index (χ2n) is 10.8. The number of ether oxygens (including phenoxy) is 2. The summed E-state index contributed by atoms with van der Waals surface area (Å²) in [5.41, 5.74) is 12.0. The standard InChI is InChI=1S/C32H27N9O3/c33-29-24(3-1-11-35-29)30-37-26-8-9-27(40-14-2-12-36-40)39-31(26)41(30)21-5-6-23-19(15-21)4-7-25(23)38-32(42)20-10-13-34-28(16-20)44-22-17-43-18-22/h1-3,5-6,8-16,22,25H,4,7,17-18H2,(H2,33,35)(H,38,42)/t25-/m0/s1. The van der Waals surface area contributed by atoms with E-state index in [1.165, 1.54) is 0 Å². The molecule has 3 N–H and O–H groups in total. The van der Waals surface area contributed by atoms with Gasteiger partial charge in [0.2, 0.25) is 5.88 Å². The van der Waals surface area contributed by atoms with Gasteiger partial charge < -0.3 is 20.5 Å². The third-order valence-electron chi connectivity index (χ3n) is 7.97. The van der Waals surface area contributed by atoms with Crippen molar-refractivity contribution < 1.29 is 14.3 Å². The van der Waals surface area contributed by atoms with Gasteiger partial charge in [0.25, 0.3) is 5.91 Å². The molecule has 1 amide bonds. The maximum absolute atomic E-state index is 13.2. The van der Waals surface area contributed by atoms with Crippen molar-refractivity contribution in [2.75, 3.05) is 18.9 Å². The number of nitrogens with one attached hydrogen (secondary N) is 1. The summed E-state index contributed by atoms with van der Waals surface area (Å²) < 4.78 is 14.7. The largest absolute Gasteiger partial charge is 0.469 e. The second-order valence-corrected chi connectivity index (χ2v) is 10.8. The van der Waals surface area contributed by atoms with E-state index in [0.717, 1.165) is 35.2 Å². The highest BCUT2D eigenvalue weighted by molar-refractivity contribution is 5.94. The number of aryl methyl sites for hydroxylation is 1. The van der Waals surface area contributed by atoms with Crippen LogP contribution in [0.1, 0.15) is 33.9 Å². The number of nitrogens with zero attached hydrogens (tertiary/aromatic N) is 7. The van der Waals surface area contributed by atoms with Crippen LogP contribution in [0.4, 0.5) is 5.82 Å². The number of pyridine rings is 3. The minimum atomic E-state index is -0.172. The number of carbonyl (C=O) groups excluding carboxylic acids is 1. The van der Waals surface area contributed by atoms with Gasteiger partial charge in [0.05, 0.1) is 24.8 Å². The zero-order valence-electron chi connectivity index (χ0n) is 23.5. The first kappa shape index (κ1) is 26.0. The Kier molecular flexibility index (Phi) is 6.26. The number of nitrogen functional groups attached to an aromatic ring is 1. The van der Waals surface area contributed by atoms with Gasteiger partial charge in [0.15, 0.2) is 17.3 Å². The molecule has 1 atom stereocenters. The molecule has 0 bridgehead atoms. The molecule has 1 aromatic carbocycles. The van der Waals surface area contributed by atoms with Gasteiger partial charge in [-0.2, -0.15) is 5.10 Å². The zero-order valence-corrected chi connectivity index (χ0v) is 23.5. The molecule has 6 heterocycles. The molecule has 1 fully saturated rings. The number of benzene rings is 1. The first-order valence-electron chi connectivity index (χ1n) is 14.4. The van der Waals surface area contributed by atoms with Crippen molar-refractivity contribution in [3.05, 3.63) is 102 Å². The van der Waals surface area contributed by atoms with Crippen LogP contribution in [0.25, 0.3) is 34.1 Å². The molecular formula is C32H27N9O3. The van der Waals surface area contributed by atoms with E-state index >= 15 is 0 Å². The van der Waals surface area contributed by atoms with Crippen LogP contribution in [0, 0.1) is 0 Å². The highest BCUT2D eigenvalue weighted by Crippen LogP contribution is 2.36. The Morgan fingerprint density at radius 2 is 1.93 bits per heavy atom. The highest BCUT2D eigenvalue weighted by Gasteiger charge is 2.27. The first-order chi connectivity index (χ1) is 21.6.